The number of aryl methyl sites for hydroxylation is 2. The van der Waals surface area contributed by atoms with Crippen molar-refractivity contribution in [3.8, 4) is 0 Å². The van der Waals surface area contributed by atoms with E-state index in [1.807, 2.05) is 0 Å². The minimum atomic E-state index is 0.568. The van der Waals surface area contributed by atoms with E-state index in [1.165, 1.54) is 16.7 Å². The zero-order valence-corrected chi connectivity index (χ0v) is 11.4. The lowest BCUT2D eigenvalue weighted by atomic mass is 9.91. The summed E-state index contributed by atoms with van der Waals surface area (Å²) in [5.74, 6) is 0.568. The molecule has 0 aliphatic heterocycles. The molecule has 0 aliphatic rings. The Morgan fingerprint density at radius 2 is 2.06 bits per heavy atom. The second kappa shape index (κ2) is 6.10. The molecule has 1 heteroatoms. The molecule has 0 nitrogen and oxygen atoms in total. The maximum absolute atomic E-state index is 6.20. The molecule has 1 unspecified atom stereocenters. The first kappa shape index (κ1) is 13.3. The number of hydrogen-bond donors (Lipinski definition) is 0. The molecule has 0 saturated heterocycles. The Kier molecular flexibility index (Phi) is 5.08. The SMILES string of the molecule is C/C=C/CC(C)c1cc(CC)c(Cl)cc1C. The lowest BCUT2D eigenvalue weighted by Crippen LogP contribution is -1.98. The number of hydrogen-bond acceptors (Lipinski definition) is 0. The van der Waals surface area contributed by atoms with E-state index in [-0.39, 0.29) is 0 Å². The summed E-state index contributed by atoms with van der Waals surface area (Å²) in [5.41, 5.74) is 3.99. The van der Waals surface area contributed by atoms with E-state index in [0.717, 1.165) is 17.9 Å². The Morgan fingerprint density at radius 1 is 1.38 bits per heavy atom. The van der Waals surface area contributed by atoms with E-state index in [4.69, 9.17) is 11.6 Å². The normalized spacial score (nSPS) is 13.3. The molecule has 1 aromatic rings. The van der Waals surface area contributed by atoms with Gasteiger partial charge in [-0.25, -0.2) is 0 Å². The molecular formula is C15H21Cl. The van der Waals surface area contributed by atoms with Gasteiger partial charge in [0, 0.05) is 5.02 Å². The van der Waals surface area contributed by atoms with Crippen molar-refractivity contribution in [2.45, 2.75) is 46.5 Å². The standard InChI is InChI=1S/C15H21Cl/c1-5-7-8-11(3)14-10-13(6-2)15(16)9-12(14)4/h5,7,9-11H,6,8H2,1-4H3/b7-5+. The van der Waals surface area contributed by atoms with Crippen molar-refractivity contribution in [2.24, 2.45) is 0 Å². The number of rotatable bonds is 4. The van der Waals surface area contributed by atoms with Gasteiger partial charge in [0.2, 0.25) is 0 Å². The maximum Gasteiger partial charge on any atom is 0.0440 e. The molecule has 1 atom stereocenters. The van der Waals surface area contributed by atoms with Crippen LogP contribution in [0.2, 0.25) is 5.02 Å². The molecule has 0 fully saturated rings. The summed E-state index contributed by atoms with van der Waals surface area (Å²) in [5, 5.41) is 0.905. The molecule has 0 saturated carbocycles. The van der Waals surface area contributed by atoms with Crippen molar-refractivity contribution in [2.75, 3.05) is 0 Å². The molecule has 0 bridgehead atoms. The van der Waals surface area contributed by atoms with Crippen LogP contribution in [0, 0.1) is 6.92 Å². The molecule has 0 N–H and O–H groups in total. The van der Waals surface area contributed by atoms with Gasteiger partial charge in [0.1, 0.15) is 0 Å². The summed E-state index contributed by atoms with van der Waals surface area (Å²) in [6.07, 6.45) is 6.44. The minimum Gasteiger partial charge on any atom is -0.0916 e. The fraction of sp³-hybridized carbons (Fsp3) is 0.467. The van der Waals surface area contributed by atoms with Gasteiger partial charge in [0.15, 0.2) is 0 Å². The van der Waals surface area contributed by atoms with Gasteiger partial charge in [-0.05, 0) is 55.4 Å². The summed E-state index contributed by atoms with van der Waals surface area (Å²) in [6, 6.07) is 4.37. The highest BCUT2D eigenvalue weighted by Crippen LogP contribution is 2.28. The summed E-state index contributed by atoms with van der Waals surface area (Å²) >= 11 is 6.20. The average molecular weight is 237 g/mol. The molecule has 0 aliphatic carbocycles. The molecule has 0 radical (unpaired) electrons. The quantitative estimate of drug-likeness (QED) is 0.624. The van der Waals surface area contributed by atoms with Crippen LogP contribution in [0.25, 0.3) is 0 Å². The van der Waals surface area contributed by atoms with Gasteiger partial charge in [-0.3, -0.25) is 0 Å². The van der Waals surface area contributed by atoms with Crippen molar-refractivity contribution in [1.29, 1.82) is 0 Å². The second-order valence-corrected chi connectivity index (χ2v) is 4.77. The molecule has 0 spiro atoms. The maximum atomic E-state index is 6.20. The monoisotopic (exact) mass is 236 g/mol. The number of benzene rings is 1. The van der Waals surface area contributed by atoms with Crippen LogP contribution in [0.5, 0.6) is 0 Å². The fourth-order valence-electron chi connectivity index (χ4n) is 2.01. The van der Waals surface area contributed by atoms with Crippen molar-refractivity contribution in [1.82, 2.24) is 0 Å². The molecule has 0 aromatic heterocycles. The van der Waals surface area contributed by atoms with Crippen molar-refractivity contribution >= 4 is 11.6 Å². The second-order valence-electron chi connectivity index (χ2n) is 4.36. The van der Waals surface area contributed by atoms with E-state index in [2.05, 4.69) is 52.0 Å². The summed E-state index contributed by atoms with van der Waals surface area (Å²) in [6.45, 7) is 8.64. The Morgan fingerprint density at radius 3 is 2.62 bits per heavy atom. The van der Waals surface area contributed by atoms with Crippen molar-refractivity contribution < 1.29 is 0 Å². The van der Waals surface area contributed by atoms with Gasteiger partial charge in [-0.1, -0.05) is 43.7 Å². The van der Waals surface area contributed by atoms with Gasteiger partial charge in [0.05, 0.1) is 0 Å². The molecule has 1 rings (SSSR count). The van der Waals surface area contributed by atoms with E-state index in [9.17, 15) is 0 Å². The molecule has 0 heterocycles. The van der Waals surface area contributed by atoms with Gasteiger partial charge in [-0.2, -0.15) is 0 Å². The Balaban J connectivity index is 3.03. The van der Waals surface area contributed by atoms with E-state index in [1.54, 1.807) is 0 Å². The van der Waals surface area contributed by atoms with Crippen molar-refractivity contribution in [3.05, 3.63) is 46.0 Å². The summed E-state index contributed by atoms with van der Waals surface area (Å²) in [7, 11) is 0. The molecule has 88 valence electrons. The van der Waals surface area contributed by atoms with E-state index < -0.39 is 0 Å². The zero-order chi connectivity index (χ0) is 12.1. The topological polar surface area (TPSA) is 0 Å². The predicted molar refractivity (Wildman–Crippen MR) is 73.4 cm³/mol. The lowest BCUT2D eigenvalue weighted by Gasteiger charge is -2.15. The summed E-state index contributed by atoms with van der Waals surface area (Å²) in [4.78, 5) is 0. The molecule has 0 amide bonds. The third kappa shape index (κ3) is 3.12. The van der Waals surface area contributed by atoms with Crippen LogP contribution >= 0.6 is 11.6 Å². The largest absolute Gasteiger partial charge is 0.0916 e. The van der Waals surface area contributed by atoms with E-state index in [0.29, 0.717) is 5.92 Å². The Hall–Kier alpha value is -0.750. The van der Waals surface area contributed by atoms with Crippen LogP contribution in [0.3, 0.4) is 0 Å². The van der Waals surface area contributed by atoms with Gasteiger partial charge in [0.25, 0.3) is 0 Å². The zero-order valence-electron chi connectivity index (χ0n) is 10.7. The Bertz CT molecular complexity index is 377. The first-order chi connectivity index (χ1) is 7.60. The predicted octanol–water partition coefficient (Wildman–Crippen LogP) is 5.28. The van der Waals surface area contributed by atoms with Crippen LogP contribution in [-0.2, 0) is 6.42 Å². The molecular weight excluding hydrogens is 216 g/mol. The van der Waals surface area contributed by atoms with Crippen LogP contribution in [-0.4, -0.2) is 0 Å². The first-order valence-electron chi connectivity index (χ1n) is 6.00. The fourth-order valence-corrected chi connectivity index (χ4v) is 2.36. The highest BCUT2D eigenvalue weighted by atomic mass is 35.5. The van der Waals surface area contributed by atoms with Gasteiger partial charge in [-0.15, -0.1) is 0 Å². The molecule has 1 aromatic carbocycles. The minimum absolute atomic E-state index is 0.568. The first-order valence-corrected chi connectivity index (χ1v) is 6.38. The average Bonchev–Trinajstić information content (AvgIpc) is 2.26. The van der Waals surface area contributed by atoms with Crippen LogP contribution in [0.15, 0.2) is 24.3 Å². The summed E-state index contributed by atoms with van der Waals surface area (Å²) < 4.78 is 0. The highest BCUT2D eigenvalue weighted by molar-refractivity contribution is 6.31. The number of allylic oxidation sites excluding steroid dienone is 2. The third-order valence-electron chi connectivity index (χ3n) is 3.07. The molecule has 16 heavy (non-hydrogen) atoms. The van der Waals surface area contributed by atoms with Gasteiger partial charge < -0.3 is 0 Å². The van der Waals surface area contributed by atoms with Crippen LogP contribution < -0.4 is 0 Å². The van der Waals surface area contributed by atoms with Gasteiger partial charge >= 0.3 is 0 Å². The third-order valence-corrected chi connectivity index (χ3v) is 3.42. The highest BCUT2D eigenvalue weighted by Gasteiger charge is 2.10. The van der Waals surface area contributed by atoms with E-state index >= 15 is 0 Å². The smallest absolute Gasteiger partial charge is 0.0440 e. The van der Waals surface area contributed by atoms with Crippen LogP contribution in [0.1, 0.15) is 49.8 Å². The Labute approximate surface area is 104 Å². The van der Waals surface area contributed by atoms with Crippen LogP contribution in [0.4, 0.5) is 0 Å². The van der Waals surface area contributed by atoms with Crippen molar-refractivity contribution in [3.63, 3.8) is 0 Å². The number of halogens is 1. The lowest BCUT2D eigenvalue weighted by molar-refractivity contribution is 0.771.